The van der Waals surface area contributed by atoms with Crippen molar-refractivity contribution >= 4 is 15.7 Å². The molecule has 0 radical (unpaired) electrons. The van der Waals surface area contributed by atoms with Gasteiger partial charge in [-0.1, -0.05) is 29.8 Å². The van der Waals surface area contributed by atoms with Gasteiger partial charge in [0.2, 0.25) is 0 Å². The summed E-state index contributed by atoms with van der Waals surface area (Å²) >= 11 is 0. The van der Waals surface area contributed by atoms with Gasteiger partial charge < -0.3 is 4.90 Å². The summed E-state index contributed by atoms with van der Waals surface area (Å²) in [6.07, 6.45) is 2.07. The number of amides is 1. The van der Waals surface area contributed by atoms with Gasteiger partial charge in [0.15, 0.2) is 9.84 Å². The molecule has 1 heterocycles. The van der Waals surface area contributed by atoms with Gasteiger partial charge in [0.25, 0.3) is 5.91 Å². The van der Waals surface area contributed by atoms with Crippen LogP contribution in [0.25, 0.3) is 0 Å². The molecule has 1 aliphatic heterocycles. The monoisotopic (exact) mass is 343 g/mol. The van der Waals surface area contributed by atoms with Crippen molar-refractivity contribution in [2.45, 2.75) is 30.4 Å². The van der Waals surface area contributed by atoms with Gasteiger partial charge in [-0.15, -0.1) is 0 Å². The number of benzene rings is 2. The van der Waals surface area contributed by atoms with E-state index in [1.165, 1.54) is 0 Å². The first-order valence-corrected chi connectivity index (χ1v) is 9.78. The summed E-state index contributed by atoms with van der Waals surface area (Å²) in [6.45, 7) is 3.49. The molecule has 3 rings (SSSR count). The Bertz CT molecular complexity index is 835. The molecule has 0 atom stereocenters. The van der Waals surface area contributed by atoms with Gasteiger partial charge in [-0.2, -0.15) is 0 Å². The van der Waals surface area contributed by atoms with Crippen LogP contribution in [0.1, 0.15) is 34.3 Å². The minimum atomic E-state index is -3.42. The summed E-state index contributed by atoms with van der Waals surface area (Å²) in [4.78, 5) is 14.6. The molecule has 0 N–H and O–H groups in total. The van der Waals surface area contributed by atoms with E-state index in [1.807, 2.05) is 11.8 Å². The van der Waals surface area contributed by atoms with Crippen molar-refractivity contribution in [2.75, 3.05) is 13.1 Å². The van der Waals surface area contributed by atoms with Gasteiger partial charge in [-0.25, -0.2) is 8.42 Å². The maximum Gasteiger partial charge on any atom is 0.253 e. The maximum atomic E-state index is 12.6. The molecule has 0 unspecified atom stereocenters. The number of hydrogen-bond acceptors (Lipinski definition) is 3. The van der Waals surface area contributed by atoms with Gasteiger partial charge in [-0.3, -0.25) is 4.79 Å². The molecule has 24 heavy (non-hydrogen) atoms. The van der Waals surface area contributed by atoms with Gasteiger partial charge >= 0.3 is 0 Å². The van der Waals surface area contributed by atoms with Crippen molar-refractivity contribution in [3.05, 3.63) is 65.2 Å². The summed E-state index contributed by atoms with van der Waals surface area (Å²) in [7, 11) is -3.42. The molecule has 0 spiro atoms. The molecular formula is C19H21NO3S. The summed E-state index contributed by atoms with van der Waals surface area (Å²) in [5, 5.41) is 0. The van der Waals surface area contributed by atoms with Gasteiger partial charge in [0, 0.05) is 18.7 Å². The van der Waals surface area contributed by atoms with E-state index >= 15 is 0 Å². The fraction of sp³-hybridized carbons (Fsp3) is 0.316. The highest BCUT2D eigenvalue weighted by atomic mass is 32.2. The van der Waals surface area contributed by atoms with Crippen LogP contribution in [0, 0.1) is 6.92 Å². The van der Waals surface area contributed by atoms with E-state index in [9.17, 15) is 13.2 Å². The van der Waals surface area contributed by atoms with Crippen LogP contribution in [0.4, 0.5) is 0 Å². The molecule has 0 saturated carbocycles. The van der Waals surface area contributed by atoms with Crippen LogP contribution in [-0.2, 0) is 15.6 Å². The molecule has 2 aromatic carbocycles. The number of likely N-dealkylation sites (tertiary alicyclic amines) is 1. The van der Waals surface area contributed by atoms with E-state index in [0.29, 0.717) is 16.0 Å². The Labute approximate surface area is 143 Å². The Morgan fingerprint density at radius 1 is 1.04 bits per heavy atom. The average molecular weight is 343 g/mol. The number of aryl methyl sites for hydroxylation is 1. The third kappa shape index (κ3) is 3.67. The van der Waals surface area contributed by atoms with Crippen molar-refractivity contribution in [1.29, 1.82) is 0 Å². The molecule has 126 valence electrons. The maximum absolute atomic E-state index is 12.6. The predicted octanol–water partition coefficient (Wildman–Crippen LogP) is 3.20. The van der Waals surface area contributed by atoms with E-state index in [0.717, 1.165) is 31.5 Å². The summed E-state index contributed by atoms with van der Waals surface area (Å²) in [6, 6.07) is 13.8. The molecule has 1 aliphatic rings. The zero-order chi connectivity index (χ0) is 17.2. The van der Waals surface area contributed by atoms with Crippen LogP contribution in [0.15, 0.2) is 53.4 Å². The van der Waals surface area contributed by atoms with Crippen LogP contribution < -0.4 is 0 Å². The molecule has 0 aromatic heterocycles. The number of hydrogen-bond donors (Lipinski definition) is 0. The Balaban J connectivity index is 1.81. The average Bonchev–Trinajstić information content (AvgIpc) is 3.09. The zero-order valence-electron chi connectivity index (χ0n) is 13.7. The highest BCUT2D eigenvalue weighted by molar-refractivity contribution is 7.90. The van der Waals surface area contributed by atoms with Gasteiger partial charge in [0.1, 0.15) is 0 Å². The molecule has 1 fully saturated rings. The second kappa shape index (κ2) is 6.77. The van der Waals surface area contributed by atoms with Crippen molar-refractivity contribution in [1.82, 2.24) is 4.90 Å². The van der Waals surface area contributed by atoms with Gasteiger partial charge in [0.05, 0.1) is 10.6 Å². The standard InChI is InChI=1S/C19H21NO3S/c1-15-7-9-18(10-8-15)24(22,23)14-16-5-4-6-17(13-16)19(21)20-11-2-3-12-20/h4-10,13H,2-3,11-12,14H2,1H3. The molecule has 1 amide bonds. The second-order valence-electron chi connectivity index (χ2n) is 6.27. The van der Waals surface area contributed by atoms with Crippen LogP contribution >= 0.6 is 0 Å². The predicted molar refractivity (Wildman–Crippen MR) is 93.6 cm³/mol. The largest absolute Gasteiger partial charge is 0.339 e. The molecule has 4 nitrogen and oxygen atoms in total. The molecule has 2 aromatic rings. The zero-order valence-corrected chi connectivity index (χ0v) is 14.6. The van der Waals surface area contributed by atoms with Crippen molar-refractivity contribution < 1.29 is 13.2 Å². The summed E-state index contributed by atoms with van der Waals surface area (Å²) in [5.41, 5.74) is 2.22. The number of sulfone groups is 1. The molecule has 5 heteroatoms. The fourth-order valence-corrected chi connectivity index (χ4v) is 4.28. The minimum Gasteiger partial charge on any atom is -0.339 e. The van der Waals surface area contributed by atoms with Crippen LogP contribution in [0.5, 0.6) is 0 Å². The molecule has 1 saturated heterocycles. The first-order valence-electron chi connectivity index (χ1n) is 8.13. The van der Waals surface area contributed by atoms with Crippen molar-refractivity contribution in [3.63, 3.8) is 0 Å². The first kappa shape index (κ1) is 16.7. The van der Waals surface area contributed by atoms with Crippen LogP contribution in [0.3, 0.4) is 0 Å². The van der Waals surface area contributed by atoms with E-state index in [4.69, 9.17) is 0 Å². The normalized spacial score (nSPS) is 14.8. The Morgan fingerprint density at radius 2 is 1.71 bits per heavy atom. The first-order chi connectivity index (χ1) is 11.5. The third-order valence-electron chi connectivity index (χ3n) is 4.30. The van der Waals surface area contributed by atoms with Crippen molar-refractivity contribution in [3.8, 4) is 0 Å². The SMILES string of the molecule is Cc1ccc(S(=O)(=O)Cc2cccc(C(=O)N3CCCC3)c2)cc1. The number of rotatable bonds is 4. The Morgan fingerprint density at radius 3 is 2.38 bits per heavy atom. The lowest BCUT2D eigenvalue weighted by atomic mass is 10.1. The van der Waals surface area contributed by atoms with E-state index in [1.54, 1.807) is 48.5 Å². The number of nitrogens with zero attached hydrogens (tertiary/aromatic N) is 1. The summed E-state index contributed by atoms with van der Waals surface area (Å²) in [5.74, 6) is -0.112. The highest BCUT2D eigenvalue weighted by Crippen LogP contribution is 2.19. The highest BCUT2D eigenvalue weighted by Gasteiger charge is 2.21. The molecule has 0 bridgehead atoms. The Kier molecular flexibility index (Phi) is 4.71. The van der Waals surface area contributed by atoms with Crippen LogP contribution in [0.2, 0.25) is 0 Å². The molecular weight excluding hydrogens is 322 g/mol. The van der Waals surface area contributed by atoms with E-state index in [2.05, 4.69) is 0 Å². The lowest BCUT2D eigenvalue weighted by Crippen LogP contribution is -2.27. The van der Waals surface area contributed by atoms with Gasteiger partial charge in [-0.05, 0) is 49.6 Å². The fourth-order valence-electron chi connectivity index (χ4n) is 2.95. The lowest BCUT2D eigenvalue weighted by Gasteiger charge is -2.15. The van der Waals surface area contributed by atoms with Crippen molar-refractivity contribution in [2.24, 2.45) is 0 Å². The summed E-state index contributed by atoms with van der Waals surface area (Å²) < 4.78 is 25.1. The second-order valence-corrected chi connectivity index (χ2v) is 8.26. The minimum absolute atomic E-state index is 0.0120. The van der Waals surface area contributed by atoms with Crippen LogP contribution in [-0.4, -0.2) is 32.3 Å². The number of carbonyl (C=O) groups is 1. The lowest BCUT2D eigenvalue weighted by molar-refractivity contribution is 0.0792. The number of carbonyl (C=O) groups excluding carboxylic acids is 1. The molecule has 0 aliphatic carbocycles. The van der Waals surface area contributed by atoms with E-state index in [-0.39, 0.29) is 11.7 Å². The third-order valence-corrected chi connectivity index (χ3v) is 6.01. The topological polar surface area (TPSA) is 54.5 Å². The smallest absolute Gasteiger partial charge is 0.253 e. The van der Waals surface area contributed by atoms with E-state index < -0.39 is 9.84 Å². The quantitative estimate of drug-likeness (QED) is 0.856. The Hall–Kier alpha value is -2.14.